The molecule has 1 saturated carbocycles. The molecule has 34 heavy (non-hydrogen) atoms. The average Bonchev–Trinajstić information content (AvgIpc) is 2.82. The quantitative estimate of drug-likeness (QED) is 0.397. The largest absolute Gasteiger partial charge is 0.416 e. The molecule has 2 atom stereocenters. The lowest BCUT2D eigenvalue weighted by atomic mass is 9.90. The second kappa shape index (κ2) is 11.1. The van der Waals surface area contributed by atoms with E-state index in [4.69, 9.17) is 0 Å². The molecular weight excluding hydrogens is 453 g/mol. The van der Waals surface area contributed by atoms with Gasteiger partial charge in [-0.25, -0.2) is 0 Å². The number of carbonyl (C=O) groups is 2. The molecule has 2 aromatic rings. The Balaban J connectivity index is 1.50. The van der Waals surface area contributed by atoms with Crippen molar-refractivity contribution < 1.29 is 27.7 Å². The summed E-state index contributed by atoms with van der Waals surface area (Å²) in [5, 5.41) is 19.4. The summed E-state index contributed by atoms with van der Waals surface area (Å²) in [6.07, 6.45) is -1.08. The topological polar surface area (TPSA) is 113 Å². The molecule has 0 bridgehead atoms. The van der Waals surface area contributed by atoms with Gasteiger partial charge in [-0.1, -0.05) is 31.0 Å². The number of non-ortho nitro benzene ring substituents is 1. The van der Waals surface area contributed by atoms with Crippen LogP contribution in [0.3, 0.4) is 0 Å². The number of amides is 2. The van der Waals surface area contributed by atoms with Crippen molar-refractivity contribution in [2.75, 3.05) is 6.54 Å². The number of hydrogen-bond acceptors (Lipinski definition) is 5. The number of nitrogens with one attached hydrogen (secondary N) is 3. The van der Waals surface area contributed by atoms with Crippen molar-refractivity contribution >= 4 is 17.5 Å². The highest BCUT2D eigenvalue weighted by Crippen LogP contribution is 2.29. The highest BCUT2D eigenvalue weighted by molar-refractivity contribution is 5.96. The minimum Gasteiger partial charge on any atom is -0.350 e. The van der Waals surface area contributed by atoms with Crippen molar-refractivity contribution in [3.8, 4) is 0 Å². The van der Waals surface area contributed by atoms with Crippen molar-refractivity contribution in [2.45, 2.75) is 50.5 Å². The minimum absolute atomic E-state index is 0.0127. The zero-order valence-electron chi connectivity index (χ0n) is 18.2. The maximum atomic E-state index is 12.8. The Hall–Kier alpha value is -3.47. The lowest BCUT2D eigenvalue weighted by molar-refractivity contribution is -0.384. The molecule has 2 amide bonds. The van der Waals surface area contributed by atoms with Crippen LogP contribution in [0.15, 0.2) is 48.5 Å². The first kappa shape index (κ1) is 25.2. The van der Waals surface area contributed by atoms with E-state index in [1.54, 1.807) is 12.1 Å². The fourth-order valence-electron chi connectivity index (χ4n) is 3.89. The number of halogens is 3. The molecule has 1 aliphatic carbocycles. The first-order valence-electron chi connectivity index (χ1n) is 10.8. The fraction of sp³-hybridized carbons (Fsp3) is 0.391. The third kappa shape index (κ3) is 7.01. The third-order valence-corrected chi connectivity index (χ3v) is 5.69. The van der Waals surface area contributed by atoms with Crippen LogP contribution in [0.4, 0.5) is 18.9 Å². The van der Waals surface area contributed by atoms with Gasteiger partial charge in [-0.3, -0.25) is 19.7 Å². The number of benzene rings is 2. The Bertz CT molecular complexity index is 1030. The van der Waals surface area contributed by atoms with Crippen molar-refractivity contribution in [1.29, 1.82) is 0 Å². The Morgan fingerprint density at radius 2 is 1.71 bits per heavy atom. The SMILES string of the molecule is O=C(CNC(=O)c1cccc(C(F)(F)F)c1)NC1CCCCC1NCc1ccc([N+](=O)[O-])cc1. The molecule has 0 heterocycles. The van der Waals surface area contributed by atoms with E-state index in [1.807, 2.05) is 0 Å². The van der Waals surface area contributed by atoms with Crippen LogP contribution in [-0.4, -0.2) is 35.4 Å². The molecule has 0 aliphatic heterocycles. The van der Waals surface area contributed by atoms with Gasteiger partial charge in [0, 0.05) is 36.3 Å². The van der Waals surface area contributed by atoms with Gasteiger partial charge in [0.05, 0.1) is 17.0 Å². The molecule has 3 N–H and O–H groups in total. The molecule has 0 aromatic heterocycles. The standard InChI is InChI=1S/C23H25F3N4O4/c24-23(25,26)17-5-3-4-16(12-17)22(32)28-14-21(31)29-20-7-2-1-6-19(20)27-13-15-8-10-18(11-9-15)30(33)34/h3-5,8-12,19-20,27H,1-2,6-7,13-14H2,(H,28,32)(H,29,31). The van der Waals surface area contributed by atoms with Crippen LogP contribution in [0.1, 0.15) is 47.2 Å². The fourth-order valence-corrected chi connectivity index (χ4v) is 3.89. The molecule has 8 nitrogen and oxygen atoms in total. The number of nitro benzene ring substituents is 1. The minimum atomic E-state index is -4.56. The van der Waals surface area contributed by atoms with E-state index < -0.39 is 28.5 Å². The molecule has 0 radical (unpaired) electrons. The molecule has 1 aliphatic rings. The zero-order chi connectivity index (χ0) is 24.7. The lowest BCUT2D eigenvalue weighted by Crippen LogP contribution is -2.53. The molecule has 1 fully saturated rings. The highest BCUT2D eigenvalue weighted by atomic mass is 19.4. The Kier molecular flexibility index (Phi) is 8.21. The van der Waals surface area contributed by atoms with Gasteiger partial charge >= 0.3 is 6.18 Å². The van der Waals surface area contributed by atoms with E-state index in [0.717, 1.165) is 49.4 Å². The molecule has 2 unspecified atom stereocenters. The Morgan fingerprint density at radius 1 is 1.03 bits per heavy atom. The molecule has 182 valence electrons. The number of alkyl halides is 3. The second-order valence-electron chi connectivity index (χ2n) is 8.13. The van der Waals surface area contributed by atoms with Crippen molar-refractivity contribution in [2.24, 2.45) is 0 Å². The molecular formula is C23H25F3N4O4. The van der Waals surface area contributed by atoms with Crippen LogP contribution in [0, 0.1) is 10.1 Å². The smallest absolute Gasteiger partial charge is 0.350 e. The maximum Gasteiger partial charge on any atom is 0.416 e. The second-order valence-corrected chi connectivity index (χ2v) is 8.13. The van der Waals surface area contributed by atoms with Gasteiger partial charge in [0.15, 0.2) is 0 Å². The average molecular weight is 478 g/mol. The summed E-state index contributed by atoms with van der Waals surface area (Å²) < 4.78 is 38.5. The summed E-state index contributed by atoms with van der Waals surface area (Å²) in [4.78, 5) is 34.9. The first-order valence-corrected chi connectivity index (χ1v) is 10.8. The summed E-state index contributed by atoms with van der Waals surface area (Å²) in [5.41, 5.74) is -0.231. The van der Waals surface area contributed by atoms with Crippen LogP contribution in [0.5, 0.6) is 0 Å². The van der Waals surface area contributed by atoms with E-state index in [2.05, 4.69) is 16.0 Å². The predicted molar refractivity (Wildman–Crippen MR) is 118 cm³/mol. The summed E-state index contributed by atoms with van der Waals surface area (Å²) in [7, 11) is 0. The summed E-state index contributed by atoms with van der Waals surface area (Å²) in [6, 6.07) is 10.0. The van der Waals surface area contributed by atoms with Crippen molar-refractivity contribution in [1.82, 2.24) is 16.0 Å². The van der Waals surface area contributed by atoms with Gasteiger partial charge in [-0.15, -0.1) is 0 Å². The highest BCUT2D eigenvalue weighted by Gasteiger charge is 2.31. The summed E-state index contributed by atoms with van der Waals surface area (Å²) >= 11 is 0. The van der Waals surface area contributed by atoms with Crippen LogP contribution >= 0.6 is 0 Å². The van der Waals surface area contributed by atoms with Crippen LogP contribution in [-0.2, 0) is 17.5 Å². The normalized spacial score (nSPS) is 18.2. The van der Waals surface area contributed by atoms with Gasteiger partial charge in [-0.2, -0.15) is 13.2 Å². The van der Waals surface area contributed by atoms with Gasteiger partial charge in [0.1, 0.15) is 0 Å². The van der Waals surface area contributed by atoms with E-state index >= 15 is 0 Å². The first-order chi connectivity index (χ1) is 16.1. The van der Waals surface area contributed by atoms with E-state index in [9.17, 15) is 32.9 Å². The van der Waals surface area contributed by atoms with Gasteiger partial charge in [0.2, 0.25) is 5.91 Å². The number of nitro groups is 1. The number of rotatable bonds is 8. The van der Waals surface area contributed by atoms with Gasteiger partial charge < -0.3 is 16.0 Å². The van der Waals surface area contributed by atoms with Crippen molar-refractivity contribution in [3.05, 3.63) is 75.3 Å². The maximum absolute atomic E-state index is 12.8. The monoisotopic (exact) mass is 478 g/mol. The Labute approximate surface area is 194 Å². The Morgan fingerprint density at radius 3 is 2.35 bits per heavy atom. The predicted octanol–water partition coefficient (Wildman–Crippen LogP) is 3.56. The van der Waals surface area contributed by atoms with Gasteiger partial charge in [-0.05, 0) is 36.6 Å². The lowest BCUT2D eigenvalue weighted by Gasteiger charge is -2.33. The molecule has 2 aromatic carbocycles. The molecule has 0 spiro atoms. The molecule has 3 rings (SSSR count). The van der Waals surface area contributed by atoms with Crippen LogP contribution in [0.25, 0.3) is 0 Å². The number of nitrogens with zero attached hydrogens (tertiary/aromatic N) is 1. The third-order valence-electron chi connectivity index (χ3n) is 5.69. The van der Waals surface area contributed by atoms with Crippen LogP contribution in [0.2, 0.25) is 0 Å². The van der Waals surface area contributed by atoms with Crippen molar-refractivity contribution in [3.63, 3.8) is 0 Å². The van der Waals surface area contributed by atoms with Crippen LogP contribution < -0.4 is 16.0 Å². The van der Waals surface area contributed by atoms with E-state index in [-0.39, 0.29) is 29.9 Å². The zero-order valence-corrected chi connectivity index (χ0v) is 18.2. The molecule has 11 heteroatoms. The van der Waals surface area contributed by atoms with Gasteiger partial charge in [0.25, 0.3) is 11.6 Å². The number of hydrogen-bond donors (Lipinski definition) is 3. The summed E-state index contributed by atoms with van der Waals surface area (Å²) in [5.74, 6) is -1.20. The van der Waals surface area contributed by atoms with E-state index in [1.165, 1.54) is 18.2 Å². The number of carbonyl (C=O) groups excluding carboxylic acids is 2. The molecule has 0 saturated heterocycles. The summed E-state index contributed by atoms with van der Waals surface area (Å²) in [6.45, 7) is 0.113. The van der Waals surface area contributed by atoms with E-state index in [0.29, 0.717) is 6.54 Å².